The summed E-state index contributed by atoms with van der Waals surface area (Å²) in [7, 11) is 5.88. The van der Waals surface area contributed by atoms with Gasteiger partial charge in [-0.25, -0.2) is 0 Å². The molecule has 0 spiro atoms. The molecule has 2 aromatic carbocycles. The Kier molecular flexibility index (Phi) is 5.74. The third-order valence-electron chi connectivity index (χ3n) is 7.37. The van der Waals surface area contributed by atoms with Gasteiger partial charge in [0, 0.05) is 22.3 Å². The predicted octanol–water partition coefficient (Wildman–Crippen LogP) is 3.59. The van der Waals surface area contributed by atoms with Crippen LogP contribution in [0.3, 0.4) is 0 Å². The van der Waals surface area contributed by atoms with Crippen LogP contribution in [0.15, 0.2) is 48.7 Å². The second-order valence-corrected chi connectivity index (χ2v) is 10.8. The molecule has 1 amide bonds. The van der Waals surface area contributed by atoms with E-state index in [1.165, 1.54) is 0 Å². The Morgan fingerprint density at radius 2 is 2.06 bits per heavy atom. The SMILES string of the molecule is Cc1ccc(OCC2([Si])CCN2C)cc1C(=O)NC1(c2cc(C(C)O)cc3ncccc23)CC1. The van der Waals surface area contributed by atoms with E-state index >= 15 is 0 Å². The average molecular weight is 473 g/mol. The zero-order chi connectivity index (χ0) is 24.1. The summed E-state index contributed by atoms with van der Waals surface area (Å²) >= 11 is 0. The Morgan fingerprint density at radius 1 is 1.26 bits per heavy atom. The molecule has 2 aliphatic rings. The van der Waals surface area contributed by atoms with E-state index in [-0.39, 0.29) is 11.1 Å². The van der Waals surface area contributed by atoms with Crippen LogP contribution in [0.1, 0.15) is 59.3 Å². The minimum absolute atomic E-state index is 0.117. The molecule has 7 heteroatoms. The number of nitrogens with one attached hydrogen (secondary N) is 1. The number of likely N-dealkylation sites (tertiary alicyclic amines) is 1. The lowest BCUT2D eigenvalue weighted by Crippen LogP contribution is -2.61. The van der Waals surface area contributed by atoms with Crippen LogP contribution < -0.4 is 10.1 Å². The molecule has 175 valence electrons. The topological polar surface area (TPSA) is 74.7 Å². The van der Waals surface area contributed by atoms with E-state index in [2.05, 4.69) is 32.5 Å². The van der Waals surface area contributed by atoms with Crippen LogP contribution >= 0.6 is 0 Å². The number of likely N-dealkylation sites (N-methyl/N-ethyl adjacent to an activating group) is 1. The summed E-state index contributed by atoms with van der Waals surface area (Å²) in [6, 6.07) is 13.6. The third-order valence-corrected chi connectivity index (χ3v) is 8.14. The fraction of sp³-hybridized carbons (Fsp3) is 0.407. The van der Waals surface area contributed by atoms with E-state index in [0.717, 1.165) is 53.4 Å². The number of aliphatic hydroxyl groups is 1. The second kappa shape index (κ2) is 8.48. The van der Waals surface area contributed by atoms with Gasteiger partial charge in [-0.05, 0) is 87.7 Å². The van der Waals surface area contributed by atoms with Crippen molar-refractivity contribution >= 4 is 27.1 Å². The van der Waals surface area contributed by atoms with E-state index in [4.69, 9.17) is 4.74 Å². The van der Waals surface area contributed by atoms with Gasteiger partial charge in [0.05, 0.1) is 27.4 Å². The van der Waals surface area contributed by atoms with Gasteiger partial charge in [-0.2, -0.15) is 0 Å². The Labute approximate surface area is 203 Å². The summed E-state index contributed by atoms with van der Waals surface area (Å²) in [6.45, 7) is 5.24. The van der Waals surface area contributed by atoms with E-state index < -0.39 is 11.6 Å². The first-order valence-corrected chi connectivity index (χ1v) is 12.3. The first-order valence-electron chi connectivity index (χ1n) is 11.8. The molecule has 34 heavy (non-hydrogen) atoms. The van der Waals surface area contributed by atoms with Crippen LogP contribution in [-0.2, 0) is 5.54 Å². The number of hydrogen-bond donors (Lipinski definition) is 2. The number of nitrogens with zero attached hydrogens (tertiary/aromatic N) is 2. The smallest absolute Gasteiger partial charge is 0.252 e. The summed E-state index contributed by atoms with van der Waals surface area (Å²) in [6.07, 6.45) is 3.86. The monoisotopic (exact) mass is 472 g/mol. The number of carbonyl (C=O) groups excluding carboxylic acids is 1. The van der Waals surface area contributed by atoms with E-state index in [1.54, 1.807) is 13.1 Å². The van der Waals surface area contributed by atoms with Crippen LogP contribution in [0.4, 0.5) is 0 Å². The highest BCUT2D eigenvalue weighted by Crippen LogP contribution is 2.48. The van der Waals surface area contributed by atoms with Crippen molar-refractivity contribution < 1.29 is 14.6 Å². The van der Waals surface area contributed by atoms with Gasteiger partial charge in [-0.1, -0.05) is 18.2 Å². The minimum Gasteiger partial charge on any atom is -0.492 e. The minimum atomic E-state index is -0.611. The fourth-order valence-electron chi connectivity index (χ4n) is 4.64. The molecule has 6 nitrogen and oxygen atoms in total. The molecule has 1 aromatic heterocycles. The molecule has 0 bridgehead atoms. The number of benzene rings is 2. The van der Waals surface area contributed by atoms with Gasteiger partial charge < -0.3 is 20.1 Å². The molecule has 2 fully saturated rings. The second-order valence-electron chi connectivity index (χ2n) is 9.82. The fourth-order valence-corrected chi connectivity index (χ4v) is 4.93. The Hall–Kier alpha value is -2.74. The largest absolute Gasteiger partial charge is 0.492 e. The molecular formula is C27H30N3O3Si. The first kappa shape index (κ1) is 23.0. The number of amides is 1. The molecule has 1 saturated heterocycles. The molecule has 2 heterocycles. The number of pyridine rings is 1. The van der Waals surface area contributed by atoms with Crippen LogP contribution in [0.5, 0.6) is 5.75 Å². The number of rotatable bonds is 7. The van der Waals surface area contributed by atoms with Gasteiger partial charge >= 0.3 is 0 Å². The van der Waals surface area contributed by atoms with Crippen LogP contribution in [-0.4, -0.2) is 56.5 Å². The van der Waals surface area contributed by atoms with Gasteiger partial charge in [-0.15, -0.1) is 0 Å². The van der Waals surface area contributed by atoms with E-state index in [0.29, 0.717) is 17.9 Å². The van der Waals surface area contributed by atoms with Gasteiger partial charge in [0.15, 0.2) is 0 Å². The van der Waals surface area contributed by atoms with Crippen molar-refractivity contribution in [2.75, 3.05) is 20.2 Å². The zero-order valence-corrected chi connectivity index (χ0v) is 20.9. The number of ether oxygens (including phenoxy) is 1. The normalized spacial score (nSPS) is 22.1. The molecule has 1 aliphatic carbocycles. The molecule has 1 aliphatic heterocycles. The highest BCUT2D eigenvalue weighted by Gasteiger charge is 2.47. The van der Waals surface area contributed by atoms with Gasteiger partial charge in [-0.3, -0.25) is 9.78 Å². The van der Waals surface area contributed by atoms with Crippen molar-refractivity contribution in [1.29, 1.82) is 0 Å². The number of aromatic nitrogens is 1. The van der Waals surface area contributed by atoms with Gasteiger partial charge in [0.25, 0.3) is 5.91 Å². The van der Waals surface area contributed by atoms with Crippen molar-refractivity contribution in [2.24, 2.45) is 0 Å². The summed E-state index contributed by atoms with van der Waals surface area (Å²) < 4.78 is 6.05. The quantitative estimate of drug-likeness (QED) is 0.514. The van der Waals surface area contributed by atoms with Gasteiger partial charge in [0.1, 0.15) is 12.4 Å². The number of hydrogen-bond acceptors (Lipinski definition) is 5. The van der Waals surface area contributed by atoms with Crippen LogP contribution in [0.25, 0.3) is 10.9 Å². The molecule has 1 saturated carbocycles. The standard InChI is InChI=1S/C27H30N3O3Si/c1-17-6-7-20(33-16-27(34)10-12-30(27)3)15-22(17)25(32)29-26(8-9-26)23-13-19(18(2)31)14-24-21(23)5-4-11-28-24/h4-7,11,13-15,18,31H,8-10,12,16H2,1-3H3,(H,29,32). The Morgan fingerprint density at radius 3 is 2.71 bits per heavy atom. The van der Waals surface area contributed by atoms with Crippen LogP contribution in [0.2, 0.25) is 0 Å². The Bertz CT molecular complexity index is 1260. The highest BCUT2D eigenvalue weighted by atomic mass is 28.1. The highest BCUT2D eigenvalue weighted by molar-refractivity contribution is 6.16. The molecule has 2 N–H and O–H groups in total. The van der Waals surface area contributed by atoms with Crippen LogP contribution in [0, 0.1) is 6.92 Å². The number of carbonyl (C=O) groups is 1. The maximum Gasteiger partial charge on any atom is 0.252 e. The lowest BCUT2D eigenvalue weighted by Gasteiger charge is -2.48. The van der Waals surface area contributed by atoms with Crippen molar-refractivity contribution in [3.05, 3.63) is 70.9 Å². The lowest BCUT2D eigenvalue weighted by molar-refractivity contribution is 0.0408. The lowest BCUT2D eigenvalue weighted by atomic mass is 9.94. The number of fused-ring (bicyclic) bond motifs is 1. The van der Waals surface area contributed by atoms with Crippen molar-refractivity contribution in [2.45, 2.75) is 49.9 Å². The molecule has 3 radical (unpaired) electrons. The molecule has 5 rings (SSSR count). The van der Waals surface area contributed by atoms with Crippen molar-refractivity contribution in [3.63, 3.8) is 0 Å². The zero-order valence-electron chi connectivity index (χ0n) is 19.9. The van der Waals surface area contributed by atoms with E-state index in [9.17, 15) is 9.90 Å². The maximum atomic E-state index is 13.5. The van der Waals surface area contributed by atoms with E-state index in [1.807, 2.05) is 49.4 Å². The summed E-state index contributed by atoms with van der Waals surface area (Å²) in [5.74, 6) is 0.568. The van der Waals surface area contributed by atoms with Gasteiger partial charge in [0.2, 0.25) is 0 Å². The number of aliphatic hydroxyl groups excluding tert-OH is 1. The maximum absolute atomic E-state index is 13.5. The summed E-state index contributed by atoms with van der Waals surface area (Å²) in [4.78, 5) is 20.2. The third kappa shape index (κ3) is 4.12. The molecule has 3 aromatic rings. The first-order chi connectivity index (χ1) is 16.2. The number of aryl methyl sites for hydroxylation is 1. The summed E-state index contributed by atoms with van der Waals surface area (Å²) in [5.41, 5.74) is 3.70. The molecule has 2 unspecified atom stereocenters. The van der Waals surface area contributed by atoms with Crippen molar-refractivity contribution in [3.8, 4) is 5.75 Å². The predicted molar refractivity (Wildman–Crippen MR) is 133 cm³/mol. The molecule has 2 atom stereocenters. The Balaban J connectivity index is 1.41. The summed E-state index contributed by atoms with van der Waals surface area (Å²) in [5, 5.41) is 14.4. The van der Waals surface area contributed by atoms with Crippen molar-refractivity contribution in [1.82, 2.24) is 15.2 Å². The molecular weight excluding hydrogens is 442 g/mol. The average Bonchev–Trinajstić information content (AvgIpc) is 3.61.